The molecule has 7 heteroatoms. The number of rotatable bonds is 6. The molecule has 20 heavy (non-hydrogen) atoms. The fraction of sp³-hybridized carbons (Fsp3) is 0.538. The summed E-state index contributed by atoms with van der Waals surface area (Å²) in [5.41, 5.74) is 6.17. The Hall–Kier alpha value is -0.790. The topological polar surface area (TPSA) is 72.6 Å². The third-order valence-electron chi connectivity index (χ3n) is 2.89. The first-order valence-corrected chi connectivity index (χ1v) is 8.63. The van der Waals surface area contributed by atoms with Crippen molar-refractivity contribution in [3.63, 3.8) is 0 Å². The summed E-state index contributed by atoms with van der Waals surface area (Å²) in [5.74, 6) is 0.285. The van der Waals surface area contributed by atoms with Gasteiger partial charge in [0.15, 0.2) is 0 Å². The average molecular weight is 365 g/mol. The van der Waals surface area contributed by atoms with Crippen molar-refractivity contribution in [2.75, 3.05) is 19.4 Å². The smallest absolute Gasteiger partial charge is 0.247 e. The van der Waals surface area contributed by atoms with E-state index in [2.05, 4.69) is 15.9 Å². The molecule has 0 heterocycles. The number of sulfonamides is 1. The lowest BCUT2D eigenvalue weighted by molar-refractivity contribution is 0.349. The molecule has 0 fully saturated rings. The van der Waals surface area contributed by atoms with Crippen LogP contribution in [0.1, 0.15) is 27.2 Å². The molecular formula is C13H21BrN2O3S. The normalized spacial score (nSPS) is 12.2. The van der Waals surface area contributed by atoms with Crippen LogP contribution in [0.4, 0.5) is 5.69 Å². The van der Waals surface area contributed by atoms with Gasteiger partial charge in [-0.1, -0.05) is 6.92 Å². The monoisotopic (exact) mass is 364 g/mol. The third kappa shape index (κ3) is 3.45. The molecule has 1 rings (SSSR count). The van der Waals surface area contributed by atoms with E-state index in [1.165, 1.54) is 17.5 Å². The van der Waals surface area contributed by atoms with Crippen molar-refractivity contribution in [2.24, 2.45) is 0 Å². The number of nitrogen functional groups attached to an aromatic ring is 1. The second-order valence-electron chi connectivity index (χ2n) is 4.73. The van der Waals surface area contributed by atoms with Crippen molar-refractivity contribution in [1.29, 1.82) is 0 Å². The van der Waals surface area contributed by atoms with Crippen LogP contribution in [0.25, 0.3) is 0 Å². The fourth-order valence-electron chi connectivity index (χ4n) is 1.91. The van der Waals surface area contributed by atoms with Crippen LogP contribution in [0, 0.1) is 0 Å². The van der Waals surface area contributed by atoms with E-state index in [1.54, 1.807) is 6.07 Å². The molecule has 0 saturated heterocycles. The Morgan fingerprint density at radius 1 is 1.40 bits per heavy atom. The first-order chi connectivity index (χ1) is 9.25. The van der Waals surface area contributed by atoms with Gasteiger partial charge in [-0.05, 0) is 48.3 Å². The number of hydrogen-bond donors (Lipinski definition) is 1. The Kier molecular flexibility index (Phi) is 5.85. The van der Waals surface area contributed by atoms with Gasteiger partial charge in [-0.2, -0.15) is 4.31 Å². The van der Waals surface area contributed by atoms with E-state index >= 15 is 0 Å². The molecule has 0 atom stereocenters. The standard InChI is InChI=1S/C13H21BrN2O3S/c1-5-6-16(9(2)3)20(17,18)13-8-11(15)10(14)7-12(13)19-4/h7-9H,5-6,15H2,1-4H3. The van der Waals surface area contributed by atoms with Gasteiger partial charge >= 0.3 is 0 Å². The molecule has 0 unspecified atom stereocenters. The van der Waals surface area contributed by atoms with Crippen molar-refractivity contribution in [3.05, 3.63) is 16.6 Å². The molecule has 0 aliphatic carbocycles. The maximum absolute atomic E-state index is 12.8. The van der Waals surface area contributed by atoms with Crippen LogP contribution >= 0.6 is 15.9 Å². The van der Waals surface area contributed by atoms with E-state index < -0.39 is 10.0 Å². The summed E-state index contributed by atoms with van der Waals surface area (Å²) in [6, 6.07) is 2.88. The number of methoxy groups -OCH3 is 1. The summed E-state index contributed by atoms with van der Waals surface area (Å²) in [4.78, 5) is 0.0999. The lowest BCUT2D eigenvalue weighted by atomic mass is 10.3. The maximum Gasteiger partial charge on any atom is 0.247 e. The molecule has 0 spiro atoms. The SMILES string of the molecule is CCCN(C(C)C)S(=O)(=O)c1cc(N)c(Br)cc1OC. The predicted octanol–water partition coefficient (Wildman–Crippen LogP) is 2.85. The summed E-state index contributed by atoms with van der Waals surface area (Å²) < 4.78 is 32.8. The van der Waals surface area contributed by atoms with E-state index in [0.29, 0.717) is 16.7 Å². The zero-order valence-electron chi connectivity index (χ0n) is 12.2. The predicted molar refractivity (Wildman–Crippen MR) is 84.4 cm³/mol. The molecule has 0 radical (unpaired) electrons. The molecule has 0 saturated carbocycles. The van der Waals surface area contributed by atoms with E-state index in [1.807, 2.05) is 20.8 Å². The van der Waals surface area contributed by atoms with Gasteiger partial charge in [0.25, 0.3) is 0 Å². The number of nitrogens with two attached hydrogens (primary N) is 1. The van der Waals surface area contributed by atoms with E-state index in [0.717, 1.165) is 6.42 Å². The quantitative estimate of drug-likeness (QED) is 0.787. The highest BCUT2D eigenvalue weighted by molar-refractivity contribution is 9.10. The molecule has 0 aliphatic rings. The minimum Gasteiger partial charge on any atom is -0.495 e. The van der Waals surface area contributed by atoms with Crippen LogP contribution in [0.5, 0.6) is 5.75 Å². The zero-order valence-corrected chi connectivity index (χ0v) is 14.6. The Labute approximate surface area is 129 Å². The van der Waals surface area contributed by atoms with Crippen LogP contribution in [0.2, 0.25) is 0 Å². The summed E-state index contributed by atoms with van der Waals surface area (Å²) in [6.45, 7) is 6.10. The summed E-state index contributed by atoms with van der Waals surface area (Å²) in [7, 11) is -2.20. The van der Waals surface area contributed by atoms with Crippen molar-refractivity contribution in [2.45, 2.75) is 38.1 Å². The molecule has 0 aromatic heterocycles. The van der Waals surface area contributed by atoms with E-state index in [9.17, 15) is 8.42 Å². The molecule has 2 N–H and O–H groups in total. The number of anilines is 1. The van der Waals surface area contributed by atoms with Crippen LogP contribution < -0.4 is 10.5 Å². The summed E-state index contributed by atoms with van der Waals surface area (Å²) in [6.07, 6.45) is 0.742. The van der Waals surface area contributed by atoms with Gasteiger partial charge in [-0.25, -0.2) is 8.42 Å². The number of benzene rings is 1. The molecular weight excluding hydrogens is 344 g/mol. The number of hydrogen-bond acceptors (Lipinski definition) is 4. The minimum atomic E-state index is -3.64. The van der Waals surface area contributed by atoms with E-state index in [4.69, 9.17) is 10.5 Å². The van der Waals surface area contributed by atoms with Crippen LogP contribution in [0.15, 0.2) is 21.5 Å². The Balaban J connectivity index is 3.44. The lowest BCUT2D eigenvalue weighted by Crippen LogP contribution is -2.37. The average Bonchev–Trinajstić information content (AvgIpc) is 2.37. The molecule has 0 amide bonds. The molecule has 5 nitrogen and oxygen atoms in total. The van der Waals surface area contributed by atoms with Crippen LogP contribution in [0.3, 0.4) is 0 Å². The van der Waals surface area contributed by atoms with Crippen molar-refractivity contribution in [3.8, 4) is 5.75 Å². The Morgan fingerprint density at radius 3 is 2.45 bits per heavy atom. The molecule has 0 bridgehead atoms. The Bertz CT molecular complexity index is 573. The van der Waals surface area contributed by atoms with E-state index in [-0.39, 0.29) is 16.7 Å². The highest BCUT2D eigenvalue weighted by Gasteiger charge is 2.29. The first kappa shape index (κ1) is 17.3. The molecule has 0 aliphatic heterocycles. The zero-order chi connectivity index (χ0) is 15.5. The minimum absolute atomic E-state index is 0.0999. The molecule has 114 valence electrons. The third-order valence-corrected chi connectivity index (χ3v) is 5.67. The lowest BCUT2D eigenvalue weighted by Gasteiger charge is -2.26. The van der Waals surface area contributed by atoms with Gasteiger partial charge in [-0.3, -0.25) is 0 Å². The number of ether oxygens (including phenoxy) is 1. The summed E-state index contributed by atoms with van der Waals surface area (Å²) >= 11 is 3.27. The molecule has 1 aromatic rings. The van der Waals surface area contributed by atoms with Gasteiger partial charge < -0.3 is 10.5 Å². The largest absolute Gasteiger partial charge is 0.495 e. The highest BCUT2D eigenvalue weighted by atomic mass is 79.9. The van der Waals surface area contributed by atoms with Crippen LogP contribution in [-0.4, -0.2) is 32.4 Å². The van der Waals surface area contributed by atoms with Crippen LogP contribution in [-0.2, 0) is 10.0 Å². The first-order valence-electron chi connectivity index (χ1n) is 6.40. The number of nitrogens with zero attached hydrogens (tertiary/aromatic N) is 1. The van der Waals surface area contributed by atoms with Gasteiger partial charge in [0.1, 0.15) is 10.6 Å². The van der Waals surface area contributed by atoms with Gasteiger partial charge in [0, 0.05) is 22.7 Å². The fourth-order valence-corrected chi connectivity index (χ4v) is 4.14. The van der Waals surface area contributed by atoms with Gasteiger partial charge in [-0.15, -0.1) is 0 Å². The second kappa shape index (κ2) is 6.78. The van der Waals surface area contributed by atoms with Crippen molar-refractivity contribution in [1.82, 2.24) is 4.31 Å². The Morgan fingerprint density at radius 2 is 2.00 bits per heavy atom. The maximum atomic E-state index is 12.8. The van der Waals surface area contributed by atoms with Crippen molar-refractivity contribution < 1.29 is 13.2 Å². The van der Waals surface area contributed by atoms with Gasteiger partial charge in [0.05, 0.1) is 7.11 Å². The van der Waals surface area contributed by atoms with Gasteiger partial charge in [0.2, 0.25) is 10.0 Å². The highest BCUT2D eigenvalue weighted by Crippen LogP contribution is 2.34. The molecule has 1 aromatic carbocycles. The number of halogens is 1. The van der Waals surface area contributed by atoms with Crippen molar-refractivity contribution >= 4 is 31.6 Å². The second-order valence-corrected chi connectivity index (χ2v) is 7.45. The summed E-state index contributed by atoms with van der Waals surface area (Å²) in [5, 5.41) is 0.